The number of benzene rings is 1. The van der Waals surface area contributed by atoms with Crippen LogP contribution >= 0.6 is 11.6 Å². The Hall–Kier alpha value is -3.79. The third kappa shape index (κ3) is 4.01. The largest absolute Gasteiger partial charge is 0.382 e. The van der Waals surface area contributed by atoms with E-state index in [4.69, 9.17) is 23.1 Å². The average Bonchev–Trinajstić information content (AvgIpc) is 3.34. The van der Waals surface area contributed by atoms with Gasteiger partial charge in [0.1, 0.15) is 0 Å². The number of aryl methyl sites for hydroxylation is 2. The molecule has 10 nitrogen and oxygen atoms in total. The van der Waals surface area contributed by atoms with Crippen LogP contribution in [0, 0.1) is 13.8 Å². The van der Waals surface area contributed by atoms with Crippen molar-refractivity contribution in [3.05, 3.63) is 52.4 Å². The summed E-state index contributed by atoms with van der Waals surface area (Å²) in [6.07, 6.45) is 1.74. The molecule has 0 radical (unpaired) electrons. The number of fused-ring (bicyclic) bond motifs is 1. The molecule has 0 atom stereocenters. The molecular weight excluding hydrogens is 478 g/mol. The third-order valence-electron chi connectivity index (χ3n) is 7.54. The van der Waals surface area contributed by atoms with Gasteiger partial charge in [-0.15, -0.1) is 0 Å². The highest BCUT2D eigenvalue weighted by Crippen LogP contribution is 2.32. The molecule has 188 valence electrons. The number of likely N-dealkylation sites (tertiary alicyclic amines) is 1. The predicted octanol–water partition coefficient (Wildman–Crippen LogP) is 2.60. The van der Waals surface area contributed by atoms with Crippen LogP contribution in [0.5, 0.6) is 0 Å². The Balaban J connectivity index is 1.26. The first kappa shape index (κ1) is 23.9. The van der Waals surface area contributed by atoms with E-state index < -0.39 is 5.91 Å². The van der Waals surface area contributed by atoms with Crippen molar-refractivity contribution in [2.45, 2.75) is 32.2 Å². The van der Waals surface area contributed by atoms with Crippen LogP contribution in [0.15, 0.2) is 29.8 Å². The smallest absolute Gasteiger partial charge is 0.302 e. The number of carbonyl (C=O) groups excluding carboxylic acids is 1. The minimum absolute atomic E-state index is 0.0308. The zero-order valence-electron chi connectivity index (χ0n) is 20.7. The van der Waals surface area contributed by atoms with Gasteiger partial charge in [0.25, 0.3) is 0 Å². The second-order valence-corrected chi connectivity index (χ2v) is 9.95. The highest BCUT2D eigenvalue weighted by atomic mass is 35.5. The number of nitrogens with two attached hydrogens (primary N) is 2. The maximum atomic E-state index is 12.6. The van der Waals surface area contributed by atoms with Crippen LogP contribution < -0.4 is 22.1 Å². The summed E-state index contributed by atoms with van der Waals surface area (Å²) in [5.74, 6) is -0.384. The number of nitrogens with one attached hydrogen (secondary N) is 2. The van der Waals surface area contributed by atoms with Crippen LogP contribution in [-0.2, 0) is 7.05 Å². The number of halogens is 1. The molecule has 11 heteroatoms. The summed E-state index contributed by atoms with van der Waals surface area (Å²) in [7, 11) is 2.10. The van der Waals surface area contributed by atoms with Crippen molar-refractivity contribution in [1.82, 2.24) is 30.1 Å². The quantitative estimate of drug-likeness (QED) is 0.424. The second-order valence-electron chi connectivity index (χ2n) is 9.59. The van der Waals surface area contributed by atoms with E-state index in [1.807, 2.05) is 0 Å². The molecular formula is C25H30ClN9O. The Labute approximate surface area is 214 Å². The van der Waals surface area contributed by atoms with Gasteiger partial charge in [-0.3, -0.25) is 4.79 Å². The Morgan fingerprint density at radius 2 is 1.92 bits per heavy atom. The van der Waals surface area contributed by atoms with Gasteiger partial charge >= 0.3 is 5.91 Å². The van der Waals surface area contributed by atoms with Crippen molar-refractivity contribution in [2.24, 2.45) is 12.0 Å². The molecule has 6 N–H and O–H groups in total. The zero-order chi connectivity index (χ0) is 25.8. The monoisotopic (exact) mass is 507 g/mol. The molecule has 2 aliphatic rings. The maximum absolute atomic E-state index is 12.6. The number of nitrogen functional groups attached to an aromatic ring is 2. The number of piperidine rings is 1. The first-order valence-electron chi connectivity index (χ1n) is 11.8. The molecule has 2 aliphatic heterocycles. The van der Waals surface area contributed by atoms with Crippen LogP contribution in [0.25, 0.3) is 16.6 Å². The summed E-state index contributed by atoms with van der Waals surface area (Å²) >= 11 is 5.89. The van der Waals surface area contributed by atoms with E-state index in [1.54, 1.807) is 0 Å². The number of nitrogens with zero attached hydrogens (tertiary/aromatic N) is 5. The van der Waals surface area contributed by atoms with E-state index in [1.165, 1.54) is 22.2 Å². The van der Waals surface area contributed by atoms with Gasteiger partial charge in [0.15, 0.2) is 28.4 Å². The van der Waals surface area contributed by atoms with Crippen molar-refractivity contribution in [2.75, 3.05) is 31.1 Å². The summed E-state index contributed by atoms with van der Waals surface area (Å²) in [5.41, 5.74) is 17.0. The molecule has 2 aromatic heterocycles. The summed E-state index contributed by atoms with van der Waals surface area (Å²) in [6, 6.07) is 6.57. The molecule has 36 heavy (non-hydrogen) atoms. The normalized spacial score (nSPS) is 18.0. The lowest BCUT2D eigenvalue weighted by Gasteiger charge is -2.40. The van der Waals surface area contributed by atoms with E-state index in [-0.39, 0.29) is 28.0 Å². The van der Waals surface area contributed by atoms with Crippen molar-refractivity contribution in [1.29, 1.82) is 0 Å². The topological polar surface area (TPSA) is 139 Å². The Bertz CT molecular complexity index is 1430. The SMILES string of the molecule is C=C(c1ccc2c(c1)c(C)c(C)n2C)N1CCC2(CC1)CN/C(=N\C(=O)c1nc(Cl)c(N)nc1N)N2. The van der Waals surface area contributed by atoms with Gasteiger partial charge in [0.2, 0.25) is 0 Å². The van der Waals surface area contributed by atoms with Gasteiger partial charge in [0.05, 0.1) is 5.54 Å². The van der Waals surface area contributed by atoms with Crippen LogP contribution in [0.3, 0.4) is 0 Å². The van der Waals surface area contributed by atoms with E-state index in [0.29, 0.717) is 12.5 Å². The number of aliphatic imine (C=N–C) groups is 1. The van der Waals surface area contributed by atoms with Gasteiger partial charge < -0.3 is 31.6 Å². The van der Waals surface area contributed by atoms with Crippen LogP contribution in [0.1, 0.15) is 40.2 Å². The van der Waals surface area contributed by atoms with Gasteiger partial charge in [-0.2, -0.15) is 4.99 Å². The van der Waals surface area contributed by atoms with Crippen molar-refractivity contribution >= 4 is 51.7 Å². The standard InChI is InChI=1S/C25H30ClN9O/c1-13-14(2)34(4)18-6-5-16(11-17(13)18)15(3)35-9-7-25(8-10-35)12-29-24(33-25)32-23(36)19-21(27)31-22(28)20(26)30-19/h5-6,11H,3,7-10,12H2,1-2,4H3,(H4,27,28,31)(H2,29,32,33,36). The molecule has 5 rings (SSSR count). The number of carbonyl (C=O) groups is 1. The fraction of sp³-hybridized carbons (Fsp3) is 0.360. The van der Waals surface area contributed by atoms with Crippen molar-refractivity contribution in [3.8, 4) is 0 Å². The van der Waals surface area contributed by atoms with Gasteiger partial charge in [0, 0.05) is 49.0 Å². The number of hydrogen-bond donors (Lipinski definition) is 4. The zero-order valence-corrected chi connectivity index (χ0v) is 21.4. The highest BCUT2D eigenvalue weighted by Gasteiger charge is 2.40. The minimum Gasteiger partial charge on any atom is -0.382 e. The third-order valence-corrected chi connectivity index (χ3v) is 7.82. The van der Waals surface area contributed by atoms with Crippen LogP contribution in [0.2, 0.25) is 5.15 Å². The molecule has 0 saturated carbocycles. The second kappa shape index (κ2) is 8.70. The first-order valence-corrected chi connectivity index (χ1v) is 12.2. The molecule has 4 heterocycles. The number of hydrogen-bond acceptors (Lipinski definition) is 6. The van der Waals surface area contributed by atoms with E-state index in [9.17, 15) is 4.79 Å². The maximum Gasteiger partial charge on any atom is 0.302 e. The number of aromatic nitrogens is 3. The number of guanidine groups is 1. The minimum atomic E-state index is -0.637. The van der Waals surface area contributed by atoms with Gasteiger partial charge in [-0.1, -0.05) is 24.2 Å². The average molecular weight is 508 g/mol. The Morgan fingerprint density at radius 3 is 2.64 bits per heavy atom. The number of rotatable bonds is 3. The lowest BCUT2D eigenvalue weighted by atomic mass is 9.88. The molecule has 2 fully saturated rings. The molecule has 0 unspecified atom stereocenters. The lowest BCUT2D eigenvalue weighted by Crippen LogP contribution is -2.52. The highest BCUT2D eigenvalue weighted by molar-refractivity contribution is 6.31. The molecule has 0 bridgehead atoms. The summed E-state index contributed by atoms with van der Waals surface area (Å²) < 4.78 is 2.23. The predicted molar refractivity (Wildman–Crippen MR) is 144 cm³/mol. The number of anilines is 2. The molecule has 1 spiro atoms. The Morgan fingerprint density at radius 1 is 1.19 bits per heavy atom. The summed E-state index contributed by atoms with van der Waals surface area (Å²) in [5, 5.41) is 7.79. The molecule has 0 aliphatic carbocycles. The first-order chi connectivity index (χ1) is 17.1. The van der Waals surface area contributed by atoms with Crippen molar-refractivity contribution < 1.29 is 4.79 Å². The summed E-state index contributed by atoms with van der Waals surface area (Å²) in [6.45, 7) is 11.1. The lowest BCUT2D eigenvalue weighted by molar-refractivity contribution is 0.0998. The van der Waals surface area contributed by atoms with Crippen LogP contribution in [-0.4, -0.2) is 56.5 Å². The molecule has 3 aromatic rings. The van der Waals surface area contributed by atoms with E-state index in [2.05, 4.69) is 80.7 Å². The van der Waals surface area contributed by atoms with Gasteiger partial charge in [-0.25, -0.2) is 9.97 Å². The van der Waals surface area contributed by atoms with Gasteiger partial charge in [-0.05, 0) is 49.9 Å². The fourth-order valence-corrected chi connectivity index (χ4v) is 5.16. The summed E-state index contributed by atoms with van der Waals surface area (Å²) in [4.78, 5) is 26.8. The van der Waals surface area contributed by atoms with E-state index in [0.717, 1.165) is 37.2 Å². The van der Waals surface area contributed by atoms with Crippen molar-refractivity contribution in [3.63, 3.8) is 0 Å². The number of amides is 1. The Kier molecular flexibility index (Phi) is 5.78. The van der Waals surface area contributed by atoms with E-state index >= 15 is 0 Å². The fourth-order valence-electron chi connectivity index (χ4n) is 5.04. The van der Waals surface area contributed by atoms with Crippen LogP contribution in [0.4, 0.5) is 11.6 Å². The molecule has 1 aromatic carbocycles. The molecule has 1 amide bonds. The molecule has 2 saturated heterocycles.